The summed E-state index contributed by atoms with van der Waals surface area (Å²) in [5, 5.41) is 6.95. The van der Waals surface area contributed by atoms with Crippen molar-refractivity contribution in [2.75, 3.05) is 59.7 Å². The van der Waals surface area contributed by atoms with Gasteiger partial charge in [-0.15, -0.1) is 0 Å². The number of aliphatic imine (C=N–C) groups is 1. The average Bonchev–Trinajstić information content (AvgIpc) is 2.52. The SMILES string of the molecule is CN=C(NCC(CC(C)C)N1CCOCC1)NCC1(C)COC1. The van der Waals surface area contributed by atoms with E-state index in [1.54, 1.807) is 0 Å². The van der Waals surface area contributed by atoms with Crippen LogP contribution >= 0.6 is 0 Å². The van der Waals surface area contributed by atoms with Gasteiger partial charge in [0.2, 0.25) is 0 Å². The van der Waals surface area contributed by atoms with Crippen molar-refractivity contribution in [2.45, 2.75) is 33.2 Å². The summed E-state index contributed by atoms with van der Waals surface area (Å²) >= 11 is 0. The van der Waals surface area contributed by atoms with Crippen LogP contribution in [-0.2, 0) is 9.47 Å². The molecule has 6 nitrogen and oxygen atoms in total. The molecule has 2 aliphatic rings. The van der Waals surface area contributed by atoms with Crippen molar-refractivity contribution in [3.8, 4) is 0 Å². The number of hydrogen-bond acceptors (Lipinski definition) is 4. The maximum Gasteiger partial charge on any atom is 0.191 e. The van der Waals surface area contributed by atoms with E-state index in [1.165, 1.54) is 6.42 Å². The Hall–Kier alpha value is -0.850. The third kappa shape index (κ3) is 5.94. The van der Waals surface area contributed by atoms with E-state index in [0.717, 1.165) is 58.6 Å². The van der Waals surface area contributed by atoms with Crippen molar-refractivity contribution >= 4 is 5.96 Å². The van der Waals surface area contributed by atoms with E-state index in [2.05, 4.69) is 41.3 Å². The van der Waals surface area contributed by atoms with Crippen molar-refractivity contribution in [3.63, 3.8) is 0 Å². The number of hydrogen-bond donors (Lipinski definition) is 2. The van der Waals surface area contributed by atoms with E-state index >= 15 is 0 Å². The molecule has 0 radical (unpaired) electrons. The first-order valence-electron chi connectivity index (χ1n) is 8.86. The molecule has 0 amide bonds. The lowest BCUT2D eigenvalue weighted by atomic mass is 9.89. The maximum atomic E-state index is 5.49. The summed E-state index contributed by atoms with van der Waals surface area (Å²) < 4.78 is 10.8. The average molecular weight is 326 g/mol. The molecule has 134 valence electrons. The van der Waals surface area contributed by atoms with Gasteiger partial charge in [-0.25, -0.2) is 0 Å². The fourth-order valence-electron chi connectivity index (χ4n) is 3.13. The summed E-state index contributed by atoms with van der Waals surface area (Å²) in [6.45, 7) is 14.1. The molecule has 0 aliphatic carbocycles. The lowest BCUT2D eigenvalue weighted by Gasteiger charge is -2.39. The second-order valence-electron chi connectivity index (χ2n) is 7.54. The smallest absolute Gasteiger partial charge is 0.191 e. The number of nitrogens with one attached hydrogen (secondary N) is 2. The van der Waals surface area contributed by atoms with Crippen LogP contribution in [-0.4, -0.2) is 76.6 Å². The van der Waals surface area contributed by atoms with Crippen molar-refractivity contribution < 1.29 is 9.47 Å². The number of morpholine rings is 1. The van der Waals surface area contributed by atoms with Crippen molar-refractivity contribution in [3.05, 3.63) is 0 Å². The van der Waals surface area contributed by atoms with Gasteiger partial charge >= 0.3 is 0 Å². The molecule has 6 heteroatoms. The predicted molar refractivity (Wildman–Crippen MR) is 93.9 cm³/mol. The summed E-state index contributed by atoms with van der Waals surface area (Å²) in [6, 6.07) is 0.528. The molecule has 2 fully saturated rings. The van der Waals surface area contributed by atoms with Crippen molar-refractivity contribution in [1.29, 1.82) is 0 Å². The highest BCUT2D eigenvalue weighted by Crippen LogP contribution is 2.24. The van der Waals surface area contributed by atoms with Gasteiger partial charge in [0.25, 0.3) is 0 Å². The summed E-state index contributed by atoms with van der Waals surface area (Å²) in [7, 11) is 1.83. The molecule has 2 heterocycles. The van der Waals surface area contributed by atoms with E-state index in [9.17, 15) is 0 Å². The largest absolute Gasteiger partial charge is 0.380 e. The van der Waals surface area contributed by atoms with Crippen molar-refractivity contribution in [2.24, 2.45) is 16.3 Å². The first kappa shape index (κ1) is 18.5. The summed E-state index contributed by atoms with van der Waals surface area (Å²) in [5.41, 5.74) is 0.249. The van der Waals surface area contributed by atoms with Gasteiger partial charge in [-0.2, -0.15) is 0 Å². The third-order valence-corrected chi connectivity index (χ3v) is 4.62. The van der Waals surface area contributed by atoms with Crippen LogP contribution in [0.5, 0.6) is 0 Å². The maximum absolute atomic E-state index is 5.49. The molecule has 2 aliphatic heterocycles. The Labute approximate surface area is 141 Å². The molecule has 2 rings (SSSR count). The zero-order chi connectivity index (χ0) is 16.7. The normalized spacial score (nSPS) is 23.4. The van der Waals surface area contributed by atoms with Gasteiger partial charge in [-0.3, -0.25) is 9.89 Å². The summed E-state index contributed by atoms with van der Waals surface area (Å²) in [5.74, 6) is 1.57. The van der Waals surface area contributed by atoms with Crippen LogP contribution in [0.15, 0.2) is 4.99 Å². The van der Waals surface area contributed by atoms with Gasteiger partial charge in [0.15, 0.2) is 5.96 Å². The molecule has 23 heavy (non-hydrogen) atoms. The first-order valence-corrected chi connectivity index (χ1v) is 8.86. The number of nitrogens with zero attached hydrogens (tertiary/aromatic N) is 2. The summed E-state index contributed by atoms with van der Waals surface area (Å²) in [4.78, 5) is 6.90. The van der Waals surface area contributed by atoms with E-state index in [4.69, 9.17) is 9.47 Å². The molecule has 2 saturated heterocycles. The molecule has 0 saturated carbocycles. The zero-order valence-electron chi connectivity index (χ0n) is 15.2. The molecular formula is C17H34N4O2. The van der Waals surface area contributed by atoms with Gasteiger partial charge in [-0.1, -0.05) is 20.8 Å². The Balaban J connectivity index is 1.80. The highest BCUT2D eigenvalue weighted by atomic mass is 16.5. The Morgan fingerprint density at radius 2 is 1.87 bits per heavy atom. The fourth-order valence-corrected chi connectivity index (χ4v) is 3.13. The van der Waals surface area contributed by atoms with Crippen LogP contribution in [0, 0.1) is 11.3 Å². The molecule has 2 N–H and O–H groups in total. The van der Waals surface area contributed by atoms with Gasteiger partial charge < -0.3 is 20.1 Å². The Bertz CT molecular complexity index is 377. The van der Waals surface area contributed by atoms with E-state index < -0.39 is 0 Å². The minimum Gasteiger partial charge on any atom is -0.380 e. The molecule has 1 atom stereocenters. The monoisotopic (exact) mass is 326 g/mol. The molecule has 0 aromatic heterocycles. The van der Waals surface area contributed by atoms with Gasteiger partial charge in [0, 0.05) is 44.7 Å². The molecule has 0 spiro atoms. The molecule has 0 aromatic carbocycles. The minimum absolute atomic E-state index is 0.249. The first-order chi connectivity index (χ1) is 11.0. The Kier molecular flexibility index (Phi) is 7.11. The standard InChI is InChI=1S/C17H34N4O2/c1-14(2)9-15(21-5-7-22-8-6-21)10-19-16(18-4)20-11-17(3)12-23-13-17/h14-15H,5-13H2,1-4H3,(H2,18,19,20). The van der Waals surface area contributed by atoms with Crippen LogP contribution in [0.4, 0.5) is 0 Å². The molecule has 0 aromatic rings. The van der Waals surface area contributed by atoms with E-state index in [-0.39, 0.29) is 5.41 Å². The fraction of sp³-hybridized carbons (Fsp3) is 0.941. The van der Waals surface area contributed by atoms with Crippen LogP contribution in [0.25, 0.3) is 0 Å². The summed E-state index contributed by atoms with van der Waals surface area (Å²) in [6.07, 6.45) is 1.19. The van der Waals surface area contributed by atoms with Crippen LogP contribution in [0.3, 0.4) is 0 Å². The molecule has 1 unspecified atom stereocenters. The van der Waals surface area contributed by atoms with Gasteiger partial charge in [0.05, 0.1) is 26.4 Å². The Morgan fingerprint density at radius 3 is 2.39 bits per heavy atom. The second kappa shape index (κ2) is 8.85. The Morgan fingerprint density at radius 1 is 1.17 bits per heavy atom. The number of ether oxygens (including phenoxy) is 2. The highest BCUT2D eigenvalue weighted by Gasteiger charge is 2.33. The quantitative estimate of drug-likeness (QED) is 0.538. The van der Waals surface area contributed by atoms with Crippen LogP contribution < -0.4 is 10.6 Å². The minimum atomic E-state index is 0.249. The van der Waals surface area contributed by atoms with Crippen molar-refractivity contribution in [1.82, 2.24) is 15.5 Å². The van der Waals surface area contributed by atoms with Gasteiger partial charge in [0.1, 0.15) is 0 Å². The molecular weight excluding hydrogens is 292 g/mol. The van der Waals surface area contributed by atoms with E-state index in [0.29, 0.717) is 12.0 Å². The topological polar surface area (TPSA) is 58.1 Å². The van der Waals surface area contributed by atoms with Crippen LogP contribution in [0.2, 0.25) is 0 Å². The lowest BCUT2D eigenvalue weighted by molar-refractivity contribution is -0.0971. The highest BCUT2D eigenvalue weighted by molar-refractivity contribution is 5.79. The lowest BCUT2D eigenvalue weighted by Crippen LogP contribution is -2.54. The number of rotatable bonds is 7. The van der Waals surface area contributed by atoms with Crippen LogP contribution in [0.1, 0.15) is 27.2 Å². The molecule has 0 bridgehead atoms. The predicted octanol–water partition coefficient (Wildman–Crippen LogP) is 0.935. The van der Waals surface area contributed by atoms with E-state index in [1.807, 2.05) is 7.05 Å². The number of guanidine groups is 1. The third-order valence-electron chi connectivity index (χ3n) is 4.62. The zero-order valence-corrected chi connectivity index (χ0v) is 15.2. The second-order valence-corrected chi connectivity index (χ2v) is 7.54. The van der Waals surface area contributed by atoms with Gasteiger partial charge in [-0.05, 0) is 12.3 Å².